The monoisotopic (exact) mass is 372 g/mol. The lowest BCUT2D eigenvalue weighted by Crippen LogP contribution is -2.29. The summed E-state index contributed by atoms with van der Waals surface area (Å²) in [7, 11) is 0. The number of aliphatic hydroxyl groups is 1. The molecule has 1 aliphatic rings. The van der Waals surface area contributed by atoms with Crippen LogP contribution in [0.15, 0.2) is 48.8 Å². The van der Waals surface area contributed by atoms with E-state index in [4.69, 9.17) is 0 Å². The van der Waals surface area contributed by atoms with Crippen LogP contribution in [0.4, 0.5) is 10.5 Å². The molecule has 0 bridgehead atoms. The van der Waals surface area contributed by atoms with Crippen molar-refractivity contribution in [2.24, 2.45) is 0 Å². The van der Waals surface area contributed by atoms with Crippen LogP contribution in [0.3, 0.4) is 0 Å². The quantitative estimate of drug-likeness (QED) is 0.523. The second-order valence-electron chi connectivity index (χ2n) is 5.87. The van der Waals surface area contributed by atoms with Gasteiger partial charge in [0.25, 0.3) is 11.1 Å². The largest absolute Gasteiger partial charge is 0.387 e. The lowest BCUT2D eigenvalue weighted by molar-refractivity contribution is -0.118. The fourth-order valence-electron chi connectivity index (χ4n) is 2.53. The molecule has 2 atom stereocenters. The number of imide groups is 1. The van der Waals surface area contributed by atoms with Crippen molar-refractivity contribution < 1.29 is 14.7 Å². The molecule has 0 spiro atoms. The molecule has 0 aliphatic carbocycles. The normalized spacial score (nSPS) is 17.8. The number of hydrogen-bond donors (Lipinski definition) is 4. The van der Waals surface area contributed by atoms with Crippen LogP contribution in [0.5, 0.6) is 0 Å². The molecule has 0 radical (unpaired) electrons. The van der Waals surface area contributed by atoms with Gasteiger partial charge in [-0.1, -0.05) is 18.2 Å². The van der Waals surface area contributed by atoms with E-state index in [9.17, 15) is 14.7 Å². The summed E-state index contributed by atoms with van der Waals surface area (Å²) >= 11 is 0.942. The minimum atomic E-state index is -0.580. The maximum atomic E-state index is 11.5. The minimum Gasteiger partial charge on any atom is -0.387 e. The van der Waals surface area contributed by atoms with Gasteiger partial charge in [-0.25, -0.2) is 0 Å². The Hall–Kier alpha value is -2.42. The van der Waals surface area contributed by atoms with E-state index in [2.05, 4.69) is 20.9 Å². The lowest BCUT2D eigenvalue weighted by Gasteiger charge is -2.12. The zero-order valence-corrected chi connectivity index (χ0v) is 14.8. The SMILES string of the molecule is O=C1NC(=O)C(Nc2ccc(CCNC[C@@H](O)c3cccnc3)cc2)S1. The van der Waals surface area contributed by atoms with E-state index >= 15 is 0 Å². The number of aromatic nitrogens is 1. The molecule has 2 amide bonds. The van der Waals surface area contributed by atoms with Crippen LogP contribution in [0, 0.1) is 0 Å². The number of benzene rings is 1. The molecule has 4 N–H and O–H groups in total. The molecule has 136 valence electrons. The smallest absolute Gasteiger partial charge is 0.288 e. The van der Waals surface area contributed by atoms with Crippen LogP contribution in [0.1, 0.15) is 17.2 Å². The predicted molar refractivity (Wildman–Crippen MR) is 101 cm³/mol. The number of carbonyl (C=O) groups is 2. The van der Waals surface area contributed by atoms with Crippen molar-refractivity contribution in [2.45, 2.75) is 17.9 Å². The first-order chi connectivity index (χ1) is 12.6. The first kappa shape index (κ1) is 18.4. The number of anilines is 1. The average Bonchev–Trinajstić information content (AvgIpc) is 2.97. The number of carbonyl (C=O) groups excluding carboxylic acids is 2. The van der Waals surface area contributed by atoms with Gasteiger partial charge in [-0.15, -0.1) is 0 Å². The van der Waals surface area contributed by atoms with E-state index < -0.39 is 11.5 Å². The van der Waals surface area contributed by atoms with E-state index in [1.54, 1.807) is 18.5 Å². The Labute approximate surface area is 155 Å². The number of pyridine rings is 1. The zero-order chi connectivity index (χ0) is 18.4. The van der Waals surface area contributed by atoms with Crippen molar-refractivity contribution in [3.05, 3.63) is 59.9 Å². The summed E-state index contributed by atoms with van der Waals surface area (Å²) in [6.07, 6.45) is 3.58. The summed E-state index contributed by atoms with van der Waals surface area (Å²) in [6.45, 7) is 1.20. The van der Waals surface area contributed by atoms with Crippen molar-refractivity contribution in [3.63, 3.8) is 0 Å². The van der Waals surface area contributed by atoms with Crippen molar-refractivity contribution >= 4 is 28.6 Å². The van der Waals surface area contributed by atoms with E-state index in [0.29, 0.717) is 6.54 Å². The molecule has 1 unspecified atom stereocenters. The van der Waals surface area contributed by atoms with E-state index in [1.165, 1.54) is 0 Å². The van der Waals surface area contributed by atoms with Crippen molar-refractivity contribution in [2.75, 3.05) is 18.4 Å². The van der Waals surface area contributed by atoms with Crippen LogP contribution < -0.4 is 16.0 Å². The van der Waals surface area contributed by atoms with E-state index in [0.717, 1.165) is 41.5 Å². The molecule has 2 aromatic rings. The summed E-state index contributed by atoms with van der Waals surface area (Å²) in [5.74, 6) is -0.319. The highest BCUT2D eigenvalue weighted by Gasteiger charge is 2.31. The Balaban J connectivity index is 1.40. The number of nitrogens with one attached hydrogen (secondary N) is 3. The number of thioether (sulfide) groups is 1. The molecule has 7 nitrogen and oxygen atoms in total. The van der Waals surface area contributed by atoms with Gasteiger partial charge in [-0.2, -0.15) is 0 Å². The van der Waals surface area contributed by atoms with Crippen LogP contribution in [-0.4, -0.2) is 39.7 Å². The second kappa shape index (κ2) is 8.79. The van der Waals surface area contributed by atoms with Crippen molar-refractivity contribution in [3.8, 4) is 0 Å². The van der Waals surface area contributed by atoms with E-state index in [-0.39, 0.29) is 11.1 Å². The number of nitrogens with zero attached hydrogens (tertiary/aromatic N) is 1. The van der Waals surface area contributed by atoms with Crippen molar-refractivity contribution in [1.29, 1.82) is 0 Å². The Morgan fingerprint density at radius 1 is 1.23 bits per heavy atom. The summed E-state index contributed by atoms with van der Waals surface area (Å²) < 4.78 is 0. The summed E-state index contributed by atoms with van der Waals surface area (Å²) in [5.41, 5.74) is 2.72. The molecule has 1 aliphatic heterocycles. The topological polar surface area (TPSA) is 103 Å². The van der Waals surface area contributed by atoms with Gasteiger partial charge in [0.05, 0.1) is 6.10 Å². The number of rotatable bonds is 8. The van der Waals surface area contributed by atoms with Crippen LogP contribution in [0.25, 0.3) is 0 Å². The average molecular weight is 372 g/mol. The van der Waals surface area contributed by atoms with Crippen molar-refractivity contribution in [1.82, 2.24) is 15.6 Å². The maximum absolute atomic E-state index is 11.5. The Morgan fingerprint density at radius 2 is 2.04 bits per heavy atom. The van der Waals surface area contributed by atoms with Gasteiger partial charge < -0.3 is 15.7 Å². The molecule has 26 heavy (non-hydrogen) atoms. The van der Waals surface area contributed by atoms with Gasteiger partial charge in [0.15, 0.2) is 5.37 Å². The first-order valence-electron chi connectivity index (χ1n) is 8.27. The fourth-order valence-corrected chi connectivity index (χ4v) is 3.27. The van der Waals surface area contributed by atoms with E-state index in [1.807, 2.05) is 30.3 Å². The highest BCUT2D eigenvalue weighted by atomic mass is 32.2. The maximum Gasteiger partial charge on any atom is 0.288 e. The zero-order valence-electron chi connectivity index (χ0n) is 14.0. The van der Waals surface area contributed by atoms with Crippen LogP contribution in [-0.2, 0) is 11.2 Å². The Kier molecular flexibility index (Phi) is 6.21. The fraction of sp³-hybridized carbons (Fsp3) is 0.278. The Bertz CT molecular complexity index is 755. The predicted octanol–water partition coefficient (Wildman–Crippen LogP) is 1.67. The number of amides is 2. The first-order valence-corrected chi connectivity index (χ1v) is 9.15. The molecule has 2 heterocycles. The van der Waals surface area contributed by atoms with Crippen LogP contribution in [0.2, 0.25) is 0 Å². The van der Waals surface area contributed by atoms with Gasteiger partial charge in [0.2, 0.25) is 0 Å². The number of hydrogen-bond acceptors (Lipinski definition) is 7. The highest BCUT2D eigenvalue weighted by Crippen LogP contribution is 2.21. The minimum absolute atomic E-state index is 0.319. The molecule has 1 fully saturated rings. The van der Waals surface area contributed by atoms with Crippen LogP contribution >= 0.6 is 11.8 Å². The molecule has 0 saturated carbocycles. The third-order valence-electron chi connectivity index (χ3n) is 3.94. The molecule has 1 aromatic carbocycles. The molecular weight excluding hydrogens is 352 g/mol. The molecule has 3 rings (SSSR count). The van der Waals surface area contributed by atoms with Gasteiger partial charge in [0.1, 0.15) is 0 Å². The lowest BCUT2D eigenvalue weighted by atomic mass is 10.1. The molecule has 1 saturated heterocycles. The standard InChI is InChI=1S/C18H20N4O3S/c23-15(13-2-1-8-19-10-13)11-20-9-7-12-3-5-14(6-4-12)21-17-16(24)22-18(25)26-17/h1-6,8,10,15,17,20-21,23H,7,9,11H2,(H,22,24,25)/t15-,17?/m1/s1. The van der Waals surface area contributed by atoms with Gasteiger partial charge in [-0.05, 0) is 48.5 Å². The Morgan fingerprint density at radius 3 is 2.69 bits per heavy atom. The number of aliphatic hydroxyl groups excluding tert-OH is 1. The third kappa shape index (κ3) is 5.04. The van der Waals surface area contributed by atoms with Gasteiger partial charge in [-0.3, -0.25) is 19.9 Å². The molecular formula is C18H20N4O3S. The molecule has 1 aromatic heterocycles. The summed E-state index contributed by atoms with van der Waals surface area (Å²) in [5, 5.41) is 17.6. The van der Waals surface area contributed by atoms with Gasteiger partial charge in [0, 0.05) is 30.2 Å². The summed E-state index contributed by atoms with van der Waals surface area (Å²) in [4.78, 5) is 26.7. The summed E-state index contributed by atoms with van der Waals surface area (Å²) in [6, 6.07) is 11.4. The molecule has 8 heteroatoms. The third-order valence-corrected chi connectivity index (χ3v) is 4.82. The second-order valence-corrected chi connectivity index (χ2v) is 6.95. The van der Waals surface area contributed by atoms with Gasteiger partial charge >= 0.3 is 0 Å². The highest BCUT2D eigenvalue weighted by molar-refractivity contribution is 8.15.